The van der Waals surface area contributed by atoms with E-state index in [4.69, 9.17) is 17.3 Å². The summed E-state index contributed by atoms with van der Waals surface area (Å²) in [6.07, 6.45) is 0. The van der Waals surface area contributed by atoms with Crippen LogP contribution >= 0.6 is 11.6 Å². The normalized spacial score (nSPS) is 11.6. The van der Waals surface area contributed by atoms with Crippen molar-refractivity contribution in [2.45, 2.75) is 24.5 Å². The fourth-order valence-electron chi connectivity index (χ4n) is 1.90. The highest BCUT2D eigenvalue weighted by atomic mass is 35.5. The Morgan fingerprint density at radius 3 is 2.35 bits per heavy atom. The molecule has 106 valence electrons. The smallest absolute Gasteiger partial charge is 0.182 e. The molecule has 0 aliphatic heterocycles. The summed E-state index contributed by atoms with van der Waals surface area (Å²) in [5.74, 6) is -0.0473. The second kappa shape index (κ2) is 5.46. The quantitative estimate of drug-likeness (QED) is 0.883. The fraction of sp³-hybridized carbons (Fsp3) is 0.200. The highest BCUT2D eigenvalue weighted by molar-refractivity contribution is 7.90. The molecule has 0 aliphatic rings. The van der Waals surface area contributed by atoms with Crippen LogP contribution in [0, 0.1) is 13.8 Å². The van der Waals surface area contributed by atoms with E-state index in [2.05, 4.69) is 0 Å². The standard InChI is InChI=1S/C15H16ClNO2S/c1-10-3-4-12(7-11(10)2)9-20(18,19)13-5-6-15(17)14(16)8-13/h3-8H,9,17H2,1-2H3. The van der Waals surface area contributed by atoms with Crippen molar-refractivity contribution in [2.75, 3.05) is 5.73 Å². The molecule has 2 rings (SSSR count). The van der Waals surface area contributed by atoms with Crippen molar-refractivity contribution in [1.82, 2.24) is 0 Å². The summed E-state index contributed by atoms with van der Waals surface area (Å²) in [5, 5.41) is 0.256. The van der Waals surface area contributed by atoms with E-state index in [1.807, 2.05) is 32.0 Å². The predicted octanol–water partition coefficient (Wildman–Crippen LogP) is 3.51. The molecule has 0 fully saturated rings. The summed E-state index contributed by atoms with van der Waals surface area (Å²) in [6, 6.07) is 10.0. The Morgan fingerprint density at radius 1 is 1.05 bits per heavy atom. The molecule has 0 aromatic heterocycles. The first-order chi connectivity index (χ1) is 9.29. The Bertz CT molecular complexity index is 754. The minimum Gasteiger partial charge on any atom is -0.398 e. The second-order valence-electron chi connectivity index (χ2n) is 4.86. The van der Waals surface area contributed by atoms with E-state index >= 15 is 0 Å². The summed E-state index contributed by atoms with van der Waals surface area (Å²) in [7, 11) is -3.42. The Labute approximate surface area is 124 Å². The van der Waals surface area contributed by atoms with E-state index in [-0.39, 0.29) is 15.7 Å². The van der Waals surface area contributed by atoms with Gasteiger partial charge >= 0.3 is 0 Å². The average molecular weight is 310 g/mol. The van der Waals surface area contributed by atoms with Crippen LogP contribution in [0.5, 0.6) is 0 Å². The maximum atomic E-state index is 12.4. The van der Waals surface area contributed by atoms with Gasteiger partial charge in [0.15, 0.2) is 9.84 Å². The second-order valence-corrected chi connectivity index (χ2v) is 7.26. The van der Waals surface area contributed by atoms with Crippen molar-refractivity contribution in [3.8, 4) is 0 Å². The van der Waals surface area contributed by atoms with Crippen molar-refractivity contribution in [1.29, 1.82) is 0 Å². The monoisotopic (exact) mass is 309 g/mol. The van der Waals surface area contributed by atoms with Crippen molar-refractivity contribution < 1.29 is 8.42 Å². The van der Waals surface area contributed by atoms with E-state index in [0.717, 1.165) is 16.7 Å². The molecule has 20 heavy (non-hydrogen) atoms. The molecule has 0 amide bonds. The van der Waals surface area contributed by atoms with Gasteiger partial charge in [-0.25, -0.2) is 8.42 Å². The topological polar surface area (TPSA) is 60.2 Å². The maximum absolute atomic E-state index is 12.4. The Kier molecular flexibility index (Phi) is 4.06. The summed E-state index contributed by atoms with van der Waals surface area (Å²) in [4.78, 5) is 0.190. The van der Waals surface area contributed by atoms with Crippen molar-refractivity contribution in [3.63, 3.8) is 0 Å². The van der Waals surface area contributed by atoms with Crippen LogP contribution in [0.1, 0.15) is 16.7 Å². The van der Waals surface area contributed by atoms with Crippen LogP contribution in [0.25, 0.3) is 0 Å². The Balaban J connectivity index is 2.35. The maximum Gasteiger partial charge on any atom is 0.182 e. The van der Waals surface area contributed by atoms with Gasteiger partial charge in [-0.3, -0.25) is 0 Å². The number of nitrogen functional groups attached to an aromatic ring is 1. The first kappa shape index (κ1) is 14.9. The van der Waals surface area contributed by atoms with Crippen LogP contribution in [-0.4, -0.2) is 8.42 Å². The molecule has 0 unspecified atom stereocenters. The number of aryl methyl sites for hydroxylation is 2. The van der Waals surface area contributed by atoms with E-state index in [1.54, 1.807) is 0 Å². The number of benzene rings is 2. The molecule has 0 atom stereocenters. The molecule has 3 nitrogen and oxygen atoms in total. The van der Waals surface area contributed by atoms with Gasteiger partial charge in [-0.15, -0.1) is 0 Å². The summed E-state index contributed by atoms with van der Waals surface area (Å²) < 4.78 is 24.7. The number of halogens is 1. The van der Waals surface area contributed by atoms with Crippen LogP contribution in [0.4, 0.5) is 5.69 Å². The third-order valence-electron chi connectivity index (χ3n) is 3.26. The van der Waals surface area contributed by atoms with Crippen molar-refractivity contribution in [3.05, 3.63) is 58.1 Å². The molecule has 0 saturated heterocycles. The van der Waals surface area contributed by atoms with Crippen LogP contribution in [0.2, 0.25) is 5.02 Å². The third kappa shape index (κ3) is 3.14. The lowest BCUT2D eigenvalue weighted by molar-refractivity contribution is 0.595. The average Bonchev–Trinajstić information content (AvgIpc) is 2.37. The number of hydrogen-bond donors (Lipinski definition) is 1. The largest absolute Gasteiger partial charge is 0.398 e. The highest BCUT2D eigenvalue weighted by Crippen LogP contribution is 2.25. The van der Waals surface area contributed by atoms with Gasteiger partial charge in [-0.05, 0) is 48.7 Å². The van der Waals surface area contributed by atoms with Crippen LogP contribution in [-0.2, 0) is 15.6 Å². The summed E-state index contributed by atoms with van der Waals surface area (Å²) in [6.45, 7) is 3.96. The lowest BCUT2D eigenvalue weighted by atomic mass is 10.1. The van der Waals surface area contributed by atoms with Gasteiger partial charge in [0.2, 0.25) is 0 Å². The first-order valence-corrected chi connectivity index (χ1v) is 8.16. The van der Waals surface area contributed by atoms with Crippen LogP contribution < -0.4 is 5.73 Å². The van der Waals surface area contributed by atoms with E-state index < -0.39 is 9.84 Å². The zero-order chi connectivity index (χ0) is 14.9. The molecule has 2 aromatic rings. The SMILES string of the molecule is Cc1ccc(CS(=O)(=O)c2ccc(N)c(Cl)c2)cc1C. The lowest BCUT2D eigenvalue weighted by Crippen LogP contribution is -2.06. The minimum atomic E-state index is -3.42. The zero-order valence-electron chi connectivity index (χ0n) is 11.4. The molecule has 5 heteroatoms. The lowest BCUT2D eigenvalue weighted by Gasteiger charge is -2.08. The Morgan fingerprint density at radius 2 is 1.75 bits per heavy atom. The van der Waals surface area contributed by atoms with Crippen LogP contribution in [0.3, 0.4) is 0 Å². The Hall–Kier alpha value is -1.52. The number of nitrogens with two attached hydrogens (primary N) is 1. The van der Waals surface area contributed by atoms with Gasteiger partial charge in [0.25, 0.3) is 0 Å². The molecule has 0 radical (unpaired) electrons. The minimum absolute atomic E-state index is 0.0473. The molecule has 2 N–H and O–H groups in total. The fourth-order valence-corrected chi connectivity index (χ4v) is 3.50. The molecular weight excluding hydrogens is 294 g/mol. The molecule has 0 spiro atoms. The van der Waals surface area contributed by atoms with E-state index in [9.17, 15) is 8.42 Å². The van der Waals surface area contributed by atoms with Crippen LogP contribution in [0.15, 0.2) is 41.3 Å². The van der Waals surface area contributed by atoms with Gasteiger partial charge in [0.05, 0.1) is 21.4 Å². The van der Waals surface area contributed by atoms with E-state index in [0.29, 0.717) is 5.69 Å². The summed E-state index contributed by atoms with van der Waals surface area (Å²) >= 11 is 5.88. The van der Waals surface area contributed by atoms with E-state index in [1.165, 1.54) is 18.2 Å². The molecule has 0 aliphatic carbocycles. The number of rotatable bonds is 3. The van der Waals surface area contributed by atoms with Gasteiger partial charge in [0, 0.05) is 0 Å². The number of anilines is 1. The van der Waals surface area contributed by atoms with Gasteiger partial charge in [-0.1, -0.05) is 29.8 Å². The first-order valence-electron chi connectivity index (χ1n) is 6.13. The number of hydrogen-bond acceptors (Lipinski definition) is 3. The highest BCUT2D eigenvalue weighted by Gasteiger charge is 2.16. The summed E-state index contributed by atoms with van der Waals surface area (Å²) in [5.41, 5.74) is 8.95. The van der Waals surface area contributed by atoms with Gasteiger partial charge < -0.3 is 5.73 Å². The van der Waals surface area contributed by atoms with Crippen molar-refractivity contribution in [2.24, 2.45) is 0 Å². The molecule has 2 aromatic carbocycles. The molecular formula is C15H16ClNO2S. The van der Waals surface area contributed by atoms with Gasteiger partial charge in [0.1, 0.15) is 0 Å². The predicted molar refractivity (Wildman–Crippen MR) is 82.7 cm³/mol. The van der Waals surface area contributed by atoms with Gasteiger partial charge in [-0.2, -0.15) is 0 Å². The molecule has 0 bridgehead atoms. The molecule has 0 heterocycles. The molecule has 0 saturated carbocycles. The van der Waals surface area contributed by atoms with Crippen molar-refractivity contribution >= 4 is 27.1 Å². The zero-order valence-corrected chi connectivity index (χ0v) is 12.9. The number of sulfone groups is 1. The third-order valence-corrected chi connectivity index (χ3v) is 5.27.